The van der Waals surface area contributed by atoms with Gasteiger partial charge in [-0.25, -0.2) is 4.79 Å². The summed E-state index contributed by atoms with van der Waals surface area (Å²) in [7, 11) is 0. The van der Waals surface area contributed by atoms with Gasteiger partial charge in [0.15, 0.2) is 0 Å². The SMILES string of the molecule is C/C=C/CC(NC(=O)c1c(C)nn(Cc2ccccc2Cl)c1C)C(=O)O. The first-order chi connectivity index (χ1) is 12.3. The number of allylic oxidation sites excluding steroid dienone is 1. The molecule has 0 bridgehead atoms. The first-order valence-electron chi connectivity index (χ1n) is 8.27. The van der Waals surface area contributed by atoms with Gasteiger partial charge in [-0.2, -0.15) is 5.10 Å². The van der Waals surface area contributed by atoms with Gasteiger partial charge in [0.05, 0.1) is 17.8 Å². The average Bonchev–Trinajstić information content (AvgIpc) is 2.87. The van der Waals surface area contributed by atoms with Gasteiger partial charge >= 0.3 is 5.97 Å². The van der Waals surface area contributed by atoms with Crippen LogP contribution >= 0.6 is 11.6 Å². The Kier molecular flexibility index (Phi) is 6.58. The zero-order valence-electron chi connectivity index (χ0n) is 15.0. The van der Waals surface area contributed by atoms with E-state index in [2.05, 4.69) is 10.4 Å². The van der Waals surface area contributed by atoms with E-state index in [0.29, 0.717) is 28.5 Å². The Balaban J connectivity index is 2.24. The lowest BCUT2D eigenvalue weighted by Gasteiger charge is -2.13. The molecule has 2 rings (SSSR count). The van der Waals surface area contributed by atoms with Gasteiger partial charge in [0.1, 0.15) is 6.04 Å². The summed E-state index contributed by atoms with van der Waals surface area (Å²) in [6.07, 6.45) is 3.68. The molecule has 1 aromatic carbocycles. The Morgan fingerprint density at radius 3 is 2.65 bits per heavy atom. The van der Waals surface area contributed by atoms with Crippen molar-refractivity contribution >= 4 is 23.5 Å². The number of carboxylic acids is 1. The highest BCUT2D eigenvalue weighted by molar-refractivity contribution is 6.31. The topological polar surface area (TPSA) is 84.2 Å². The maximum atomic E-state index is 12.6. The van der Waals surface area contributed by atoms with Crippen LogP contribution in [0, 0.1) is 13.8 Å². The van der Waals surface area contributed by atoms with Crippen LogP contribution < -0.4 is 5.32 Å². The minimum atomic E-state index is -1.07. The summed E-state index contributed by atoms with van der Waals surface area (Å²) in [6, 6.07) is 6.46. The number of benzene rings is 1. The number of aliphatic carboxylic acids is 1. The Bertz CT molecular complexity index is 843. The fraction of sp³-hybridized carbons (Fsp3) is 0.316. The predicted molar refractivity (Wildman–Crippen MR) is 101 cm³/mol. The molecule has 0 aliphatic rings. The highest BCUT2D eigenvalue weighted by atomic mass is 35.5. The summed E-state index contributed by atoms with van der Waals surface area (Å²) < 4.78 is 1.70. The third-order valence-corrected chi connectivity index (χ3v) is 4.47. The van der Waals surface area contributed by atoms with E-state index in [-0.39, 0.29) is 6.42 Å². The van der Waals surface area contributed by atoms with Crippen molar-refractivity contribution in [1.29, 1.82) is 0 Å². The van der Waals surface area contributed by atoms with Gasteiger partial charge in [0.2, 0.25) is 0 Å². The van der Waals surface area contributed by atoms with Crippen molar-refractivity contribution in [1.82, 2.24) is 15.1 Å². The summed E-state index contributed by atoms with van der Waals surface area (Å²) in [5.41, 5.74) is 2.49. The number of amides is 1. The van der Waals surface area contributed by atoms with Crippen molar-refractivity contribution < 1.29 is 14.7 Å². The molecule has 0 fully saturated rings. The minimum Gasteiger partial charge on any atom is -0.480 e. The molecule has 0 spiro atoms. The molecule has 0 radical (unpaired) electrons. The number of carbonyl (C=O) groups excluding carboxylic acids is 1. The lowest BCUT2D eigenvalue weighted by molar-refractivity contribution is -0.139. The summed E-state index contributed by atoms with van der Waals surface area (Å²) in [6.45, 7) is 5.74. The summed E-state index contributed by atoms with van der Waals surface area (Å²) in [5, 5.41) is 16.9. The first-order valence-corrected chi connectivity index (χ1v) is 8.65. The molecular weight excluding hydrogens is 354 g/mol. The van der Waals surface area contributed by atoms with Gasteiger partial charge in [-0.05, 0) is 38.8 Å². The van der Waals surface area contributed by atoms with E-state index in [1.54, 1.807) is 43.7 Å². The molecule has 2 N–H and O–H groups in total. The molecule has 6 nitrogen and oxygen atoms in total. The maximum Gasteiger partial charge on any atom is 0.326 e. The van der Waals surface area contributed by atoms with E-state index in [9.17, 15) is 14.7 Å². The zero-order chi connectivity index (χ0) is 19.3. The molecule has 1 heterocycles. The van der Waals surface area contributed by atoms with Crippen LogP contribution in [-0.4, -0.2) is 32.8 Å². The second kappa shape index (κ2) is 8.67. The van der Waals surface area contributed by atoms with E-state index in [4.69, 9.17) is 11.6 Å². The smallest absolute Gasteiger partial charge is 0.326 e. The zero-order valence-corrected chi connectivity index (χ0v) is 15.7. The number of nitrogens with zero attached hydrogens (tertiary/aromatic N) is 2. The number of nitrogens with one attached hydrogen (secondary N) is 1. The molecule has 1 aromatic heterocycles. The number of halogens is 1. The van der Waals surface area contributed by atoms with E-state index in [0.717, 1.165) is 5.56 Å². The molecule has 138 valence electrons. The Morgan fingerprint density at radius 2 is 2.04 bits per heavy atom. The molecule has 7 heteroatoms. The third kappa shape index (κ3) is 4.52. The van der Waals surface area contributed by atoms with Crippen molar-refractivity contribution in [2.75, 3.05) is 0 Å². The second-order valence-electron chi connectivity index (χ2n) is 5.96. The van der Waals surface area contributed by atoms with Gasteiger partial charge in [-0.3, -0.25) is 9.48 Å². The van der Waals surface area contributed by atoms with Gasteiger partial charge in [0, 0.05) is 10.7 Å². The number of hydrogen-bond donors (Lipinski definition) is 2. The predicted octanol–water partition coefficient (Wildman–Crippen LogP) is 3.35. The van der Waals surface area contributed by atoms with Gasteiger partial charge < -0.3 is 10.4 Å². The normalized spacial score (nSPS) is 12.3. The number of carbonyl (C=O) groups is 2. The first kappa shape index (κ1) is 19.7. The number of aromatic nitrogens is 2. The maximum absolute atomic E-state index is 12.6. The van der Waals surface area contributed by atoms with E-state index in [1.165, 1.54) is 0 Å². The van der Waals surface area contributed by atoms with E-state index in [1.807, 2.05) is 18.2 Å². The lowest BCUT2D eigenvalue weighted by Crippen LogP contribution is -2.40. The van der Waals surface area contributed by atoms with Crippen LogP contribution in [0.5, 0.6) is 0 Å². The molecule has 0 aliphatic heterocycles. The molecule has 0 aliphatic carbocycles. The van der Waals surface area contributed by atoms with Crippen molar-refractivity contribution in [2.45, 2.75) is 39.8 Å². The Morgan fingerprint density at radius 1 is 1.35 bits per heavy atom. The van der Waals surface area contributed by atoms with Crippen molar-refractivity contribution in [2.24, 2.45) is 0 Å². The highest BCUT2D eigenvalue weighted by Crippen LogP contribution is 2.19. The fourth-order valence-electron chi connectivity index (χ4n) is 2.69. The van der Waals surface area contributed by atoms with Gasteiger partial charge in [-0.15, -0.1) is 0 Å². The molecule has 0 saturated heterocycles. The van der Waals surface area contributed by atoms with Crippen LogP contribution in [0.15, 0.2) is 36.4 Å². The van der Waals surface area contributed by atoms with Crippen LogP contribution in [-0.2, 0) is 11.3 Å². The monoisotopic (exact) mass is 375 g/mol. The number of rotatable bonds is 7. The fourth-order valence-corrected chi connectivity index (χ4v) is 2.89. The summed E-state index contributed by atoms with van der Waals surface area (Å²) >= 11 is 6.20. The number of aryl methyl sites for hydroxylation is 1. The lowest BCUT2D eigenvalue weighted by atomic mass is 10.1. The highest BCUT2D eigenvalue weighted by Gasteiger charge is 2.24. The van der Waals surface area contributed by atoms with Crippen molar-refractivity contribution in [3.63, 3.8) is 0 Å². The van der Waals surface area contributed by atoms with Crippen molar-refractivity contribution in [3.05, 3.63) is 64.0 Å². The summed E-state index contributed by atoms with van der Waals surface area (Å²) in [4.78, 5) is 24.0. The molecule has 0 saturated carbocycles. The Hall–Kier alpha value is -2.60. The molecule has 1 atom stereocenters. The van der Waals surface area contributed by atoms with E-state index < -0.39 is 17.9 Å². The quantitative estimate of drug-likeness (QED) is 0.727. The molecular formula is C19H22ClN3O3. The standard InChI is InChI=1S/C19H22ClN3O3/c1-4-5-10-16(19(25)26)21-18(24)17-12(2)22-23(13(17)3)11-14-8-6-7-9-15(14)20/h4-9,16H,10-11H2,1-3H3,(H,21,24)(H,25,26)/b5-4+. The third-order valence-electron chi connectivity index (χ3n) is 4.10. The van der Waals surface area contributed by atoms with Crippen LogP contribution in [0.2, 0.25) is 5.02 Å². The molecule has 26 heavy (non-hydrogen) atoms. The largest absolute Gasteiger partial charge is 0.480 e. The average molecular weight is 376 g/mol. The number of hydrogen-bond acceptors (Lipinski definition) is 3. The van der Waals surface area contributed by atoms with Gasteiger partial charge in [-0.1, -0.05) is 42.0 Å². The van der Waals surface area contributed by atoms with Crippen LogP contribution in [0.4, 0.5) is 0 Å². The summed E-state index contributed by atoms with van der Waals surface area (Å²) in [5.74, 6) is -1.52. The second-order valence-corrected chi connectivity index (χ2v) is 6.37. The molecule has 1 amide bonds. The Labute approximate surface area is 157 Å². The number of carboxylic acid groups (broad SMARTS) is 1. The van der Waals surface area contributed by atoms with E-state index >= 15 is 0 Å². The van der Waals surface area contributed by atoms with Crippen LogP contribution in [0.3, 0.4) is 0 Å². The minimum absolute atomic E-state index is 0.226. The van der Waals surface area contributed by atoms with Gasteiger partial charge in [0.25, 0.3) is 5.91 Å². The van der Waals surface area contributed by atoms with Crippen LogP contribution in [0.25, 0.3) is 0 Å². The van der Waals surface area contributed by atoms with Crippen molar-refractivity contribution in [3.8, 4) is 0 Å². The molecule has 2 aromatic rings. The van der Waals surface area contributed by atoms with Crippen LogP contribution in [0.1, 0.15) is 40.7 Å². The molecule has 1 unspecified atom stereocenters.